The molecule has 1 atom stereocenters. The van der Waals surface area contributed by atoms with Gasteiger partial charge in [-0.3, -0.25) is 4.99 Å². The van der Waals surface area contributed by atoms with E-state index in [1.807, 2.05) is 20.8 Å². The van der Waals surface area contributed by atoms with Gasteiger partial charge < -0.3 is 25.8 Å². The Balaban J connectivity index is 0. The van der Waals surface area contributed by atoms with Gasteiger partial charge in [0, 0.05) is 19.7 Å². The van der Waals surface area contributed by atoms with Gasteiger partial charge in [0.2, 0.25) is 0 Å². The molecule has 0 aliphatic carbocycles. The van der Waals surface area contributed by atoms with Crippen LogP contribution in [0.1, 0.15) is 47.0 Å². The Kier molecular flexibility index (Phi) is 14.5. The van der Waals surface area contributed by atoms with Crippen LogP contribution in [0, 0.1) is 0 Å². The third-order valence-electron chi connectivity index (χ3n) is 2.73. The summed E-state index contributed by atoms with van der Waals surface area (Å²) in [6, 6.07) is 0.0266. The molecule has 0 bridgehead atoms. The Morgan fingerprint density at radius 1 is 1.35 bits per heavy atom. The first-order valence-corrected chi connectivity index (χ1v) is 7.80. The fourth-order valence-corrected chi connectivity index (χ4v) is 1.71. The summed E-state index contributed by atoms with van der Waals surface area (Å²) in [5.74, 6) is 0.365. The number of ether oxygens (including phenoxy) is 2. The van der Waals surface area contributed by atoms with Crippen molar-refractivity contribution in [2.45, 2.75) is 58.6 Å². The molecule has 0 fully saturated rings. The highest BCUT2D eigenvalue weighted by atomic mass is 127. The van der Waals surface area contributed by atoms with Gasteiger partial charge in [-0.1, -0.05) is 19.8 Å². The van der Waals surface area contributed by atoms with Crippen LogP contribution in [-0.4, -0.2) is 50.5 Å². The highest BCUT2D eigenvalue weighted by Gasteiger charge is 2.17. The number of hydrogen-bond acceptors (Lipinski definition) is 4. The summed E-state index contributed by atoms with van der Waals surface area (Å²) in [5, 5.41) is 5.89. The predicted octanol–water partition coefficient (Wildman–Crippen LogP) is 2.24. The number of carbonyl (C=O) groups is 1. The van der Waals surface area contributed by atoms with Crippen LogP contribution >= 0.6 is 24.0 Å². The van der Waals surface area contributed by atoms with Crippen molar-refractivity contribution >= 4 is 36.0 Å². The summed E-state index contributed by atoms with van der Waals surface area (Å²) in [6.45, 7) is 9.09. The fourth-order valence-electron chi connectivity index (χ4n) is 1.71. The molecule has 1 amide bonds. The number of methoxy groups -OCH3 is 1. The Morgan fingerprint density at radius 3 is 2.52 bits per heavy atom. The van der Waals surface area contributed by atoms with Crippen LogP contribution in [0.4, 0.5) is 4.79 Å². The minimum absolute atomic E-state index is 0. The molecule has 0 aromatic heterocycles. The lowest BCUT2D eigenvalue weighted by Crippen LogP contribution is -2.47. The van der Waals surface area contributed by atoms with E-state index in [1.54, 1.807) is 7.11 Å². The van der Waals surface area contributed by atoms with Crippen LogP contribution in [0.25, 0.3) is 0 Å². The third kappa shape index (κ3) is 15.9. The van der Waals surface area contributed by atoms with Crippen molar-refractivity contribution in [3.8, 4) is 0 Å². The Labute approximate surface area is 157 Å². The predicted molar refractivity (Wildman–Crippen MR) is 104 cm³/mol. The summed E-state index contributed by atoms with van der Waals surface area (Å²) in [4.78, 5) is 15.9. The molecular formula is C15H33IN4O3. The number of guanidine groups is 1. The first-order valence-electron chi connectivity index (χ1n) is 7.80. The van der Waals surface area contributed by atoms with E-state index in [1.165, 1.54) is 0 Å². The number of halogens is 1. The van der Waals surface area contributed by atoms with Crippen molar-refractivity contribution in [3.63, 3.8) is 0 Å². The Bertz CT molecular complexity index is 346. The summed E-state index contributed by atoms with van der Waals surface area (Å²) >= 11 is 0. The number of nitrogens with two attached hydrogens (primary N) is 1. The van der Waals surface area contributed by atoms with Crippen LogP contribution in [0.3, 0.4) is 0 Å². The van der Waals surface area contributed by atoms with Gasteiger partial charge in [-0.25, -0.2) is 4.79 Å². The topological polar surface area (TPSA) is 98.0 Å². The molecule has 0 saturated heterocycles. The first-order chi connectivity index (χ1) is 10.3. The SMILES string of the molecule is CCCCC(CNC(=O)OC(C)(C)C)NC(N)=NCCOC.I. The van der Waals surface area contributed by atoms with Gasteiger partial charge in [0.25, 0.3) is 0 Å². The largest absolute Gasteiger partial charge is 0.444 e. The molecule has 0 aliphatic heterocycles. The zero-order chi connectivity index (χ0) is 17.0. The molecule has 0 spiro atoms. The molecule has 7 nitrogen and oxygen atoms in total. The zero-order valence-corrected chi connectivity index (χ0v) is 17.3. The number of nitrogens with one attached hydrogen (secondary N) is 2. The van der Waals surface area contributed by atoms with E-state index in [-0.39, 0.29) is 30.0 Å². The summed E-state index contributed by atoms with van der Waals surface area (Å²) in [7, 11) is 1.62. The van der Waals surface area contributed by atoms with E-state index >= 15 is 0 Å². The van der Waals surface area contributed by atoms with Crippen molar-refractivity contribution in [1.82, 2.24) is 10.6 Å². The number of hydrogen-bond donors (Lipinski definition) is 3. The van der Waals surface area contributed by atoms with Crippen molar-refractivity contribution < 1.29 is 14.3 Å². The molecule has 4 N–H and O–H groups in total. The molecule has 0 radical (unpaired) electrons. The summed E-state index contributed by atoms with van der Waals surface area (Å²) in [6.07, 6.45) is 2.59. The maximum atomic E-state index is 11.7. The van der Waals surface area contributed by atoms with Crippen LogP contribution in [0.2, 0.25) is 0 Å². The standard InChI is InChI=1S/C15H32N4O3.HI/c1-6-7-8-12(19-13(16)17-9-10-21-5)11-18-14(20)22-15(2,3)4;/h12H,6-11H2,1-5H3,(H,18,20)(H3,16,17,19);1H. The number of nitrogens with zero attached hydrogens (tertiary/aromatic N) is 1. The second kappa shape index (κ2) is 13.6. The molecule has 0 rings (SSSR count). The number of unbranched alkanes of at least 4 members (excludes halogenated alkanes) is 1. The fraction of sp³-hybridized carbons (Fsp3) is 0.867. The van der Waals surface area contributed by atoms with E-state index in [4.69, 9.17) is 15.2 Å². The Morgan fingerprint density at radius 2 is 2.00 bits per heavy atom. The van der Waals surface area contributed by atoms with Gasteiger partial charge in [-0.15, -0.1) is 24.0 Å². The van der Waals surface area contributed by atoms with E-state index in [9.17, 15) is 4.79 Å². The molecule has 0 saturated carbocycles. The van der Waals surface area contributed by atoms with E-state index in [2.05, 4.69) is 22.5 Å². The van der Waals surface area contributed by atoms with Gasteiger partial charge in [-0.2, -0.15) is 0 Å². The molecule has 0 heterocycles. The normalized spacial score (nSPS) is 13.0. The van der Waals surface area contributed by atoms with E-state index in [0.717, 1.165) is 19.3 Å². The molecule has 23 heavy (non-hydrogen) atoms. The Hall–Kier alpha value is -0.770. The highest BCUT2D eigenvalue weighted by Crippen LogP contribution is 2.06. The number of aliphatic imine (C=N–C) groups is 1. The lowest BCUT2D eigenvalue weighted by Gasteiger charge is -2.23. The van der Waals surface area contributed by atoms with Gasteiger partial charge in [0.15, 0.2) is 5.96 Å². The van der Waals surface area contributed by atoms with Crippen LogP contribution in [-0.2, 0) is 9.47 Å². The number of carbonyl (C=O) groups excluding carboxylic acids is 1. The average molecular weight is 444 g/mol. The monoisotopic (exact) mass is 444 g/mol. The average Bonchev–Trinajstić information content (AvgIpc) is 2.40. The van der Waals surface area contributed by atoms with Crippen LogP contribution in [0.15, 0.2) is 4.99 Å². The lowest BCUT2D eigenvalue weighted by molar-refractivity contribution is 0.0523. The van der Waals surface area contributed by atoms with Gasteiger partial charge in [0.1, 0.15) is 5.60 Å². The number of alkyl carbamates (subject to hydrolysis) is 1. The van der Waals surface area contributed by atoms with Crippen molar-refractivity contribution in [2.24, 2.45) is 10.7 Å². The molecular weight excluding hydrogens is 411 g/mol. The molecule has 138 valence electrons. The zero-order valence-electron chi connectivity index (χ0n) is 15.0. The molecule has 0 aromatic carbocycles. The maximum Gasteiger partial charge on any atom is 0.407 e. The number of rotatable bonds is 9. The first kappa shape index (κ1) is 24.5. The second-order valence-electron chi connectivity index (χ2n) is 6.13. The molecule has 0 aromatic rings. The van der Waals surface area contributed by atoms with Crippen molar-refractivity contribution in [3.05, 3.63) is 0 Å². The van der Waals surface area contributed by atoms with E-state index < -0.39 is 11.7 Å². The molecule has 1 unspecified atom stereocenters. The van der Waals surface area contributed by atoms with Crippen LogP contribution < -0.4 is 16.4 Å². The minimum atomic E-state index is -0.503. The summed E-state index contributed by atoms with van der Waals surface area (Å²) < 4.78 is 10.1. The van der Waals surface area contributed by atoms with Gasteiger partial charge in [0.05, 0.1) is 13.2 Å². The smallest absolute Gasteiger partial charge is 0.407 e. The van der Waals surface area contributed by atoms with Gasteiger partial charge in [-0.05, 0) is 27.2 Å². The summed E-state index contributed by atoms with van der Waals surface area (Å²) in [5.41, 5.74) is 5.33. The molecule has 8 heteroatoms. The van der Waals surface area contributed by atoms with Gasteiger partial charge >= 0.3 is 6.09 Å². The highest BCUT2D eigenvalue weighted by molar-refractivity contribution is 14.0. The van der Waals surface area contributed by atoms with Crippen molar-refractivity contribution in [2.75, 3.05) is 26.8 Å². The van der Waals surface area contributed by atoms with E-state index in [0.29, 0.717) is 25.7 Å². The quantitative estimate of drug-likeness (QED) is 0.219. The second-order valence-corrected chi connectivity index (χ2v) is 6.13. The lowest BCUT2D eigenvalue weighted by atomic mass is 10.1. The molecule has 0 aliphatic rings. The third-order valence-corrected chi connectivity index (χ3v) is 2.73. The van der Waals surface area contributed by atoms with Crippen LogP contribution in [0.5, 0.6) is 0 Å². The number of amides is 1. The maximum absolute atomic E-state index is 11.7. The van der Waals surface area contributed by atoms with Crippen molar-refractivity contribution in [1.29, 1.82) is 0 Å². The minimum Gasteiger partial charge on any atom is -0.444 e.